The van der Waals surface area contributed by atoms with E-state index in [1.54, 1.807) is 47.8 Å². The third-order valence-corrected chi connectivity index (χ3v) is 5.25. The van der Waals surface area contributed by atoms with Gasteiger partial charge in [0.05, 0.1) is 22.5 Å². The lowest BCUT2D eigenvalue weighted by Gasteiger charge is -2.12. The molecule has 0 aliphatic rings. The second-order valence-electron chi connectivity index (χ2n) is 7.28. The summed E-state index contributed by atoms with van der Waals surface area (Å²) in [5.41, 5.74) is 8.67. The molecule has 12 heteroatoms. The highest BCUT2D eigenvalue weighted by molar-refractivity contribution is 6.31. The number of nitrogens with two attached hydrogens (primary N) is 1. The van der Waals surface area contributed by atoms with Crippen molar-refractivity contribution in [2.75, 3.05) is 5.32 Å². The fourth-order valence-corrected chi connectivity index (χ4v) is 3.45. The summed E-state index contributed by atoms with van der Waals surface area (Å²) >= 11 is 5.89. The molecule has 1 amide bonds. The molecule has 0 saturated carbocycles. The van der Waals surface area contributed by atoms with Crippen molar-refractivity contribution < 1.29 is 9.18 Å². The maximum absolute atomic E-state index is 13.5. The number of hydrogen-bond donors (Lipinski definition) is 2. The van der Waals surface area contributed by atoms with Gasteiger partial charge in [0, 0.05) is 53.4 Å². The van der Waals surface area contributed by atoms with Crippen LogP contribution in [0.1, 0.15) is 10.4 Å². The van der Waals surface area contributed by atoms with E-state index in [-0.39, 0.29) is 16.5 Å². The fourth-order valence-electron chi connectivity index (χ4n) is 3.27. The molecule has 10 nitrogen and oxygen atoms in total. The van der Waals surface area contributed by atoms with E-state index in [2.05, 4.69) is 35.3 Å². The summed E-state index contributed by atoms with van der Waals surface area (Å²) in [5, 5.41) is 7.40. The topological polar surface area (TPSA) is 137 Å². The van der Waals surface area contributed by atoms with Crippen LogP contribution < -0.4 is 11.1 Å². The third kappa shape index (κ3) is 4.66. The van der Waals surface area contributed by atoms with Gasteiger partial charge in [-0.25, -0.2) is 24.0 Å². The van der Waals surface area contributed by atoms with Crippen molar-refractivity contribution in [3.63, 3.8) is 0 Å². The van der Waals surface area contributed by atoms with E-state index in [1.807, 2.05) is 0 Å². The summed E-state index contributed by atoms with van der Waals surface area (Å²) in [6, 6.07) is 7.53. The Labute approximate surface area is 202 Å². The smallest absolute Gasteiger partial charge is 0.250 e. The zero-order valence-corrected chi connectivity index (χ0v) is 18.6. The Morgan fingerprint density at radius 2 is 1.91 bits per heavy atom. The Hall–Kier alpha value is -4.77. The molecule has 172 valence electrons. The van der Waals surface area contributed by atoms with Gasteiger partial charge in [0.15, 0.2) is 5.82 Å². The number of primary amides is 1. The first-order valence-electron chi connectivity index (χ1n) is 10.1. The average molecular weight is 488 g/mol. The van der Waals surface area contributed by atoms with Gasteiger partial charge < -0.3 is 11.1 Å². The van der Waals surface area contributed by atoms with Gasteiger partial charge in [-0.15, -0.1) is 0 Å². The summed E-state index contributed by atoms with van der Waals surface area (Å²) in [6.07, 6.45) is 11.0. The number of hydrogen-bond acceptors (Lipinski definition) is 8. The van der Waals surface area contributed by atoms with Crippen LogP contribution in [-0.2, 0) is 0 Å². The second-order valence-corrected chi connectivity index (χ2v) is 7.69. The highest BCUT2D eigenvalue weighted by Crippen LogP contribution is 2.28. The lowest BCUT2D eigenvalue weighted by molar-refractivity contribution is 0.1000. The molecule has 0 aliphatic carbocycles. The molecular formula is C23H15ClFN9O. The first-order chi connectivity index (χ1) is 17.0. The van der Waals surface area contributed by atoms with Crippen LogP contribution in [0.5, 0.6) is 0 Å². The quantitative estimate of drug-likeness (QED) is 0.368. The van der Waals surface area contributed by atoms with Crippen molar-refractivity contribution in [1.29, 1.82) is 0 Å². The minimum absolute atomic E-state index is 0.0391. The highest BCUT2D eigenvalue weighted by atomic mass is 35.5. The van der Waals surface area contributed by atoms with Crippen LogP contribution >= 0.6 is 11.6 Å². The van der Waals surface area contributed by atoms with Crippen molar-refractivity contribution >= 4 is 29.1 Å². The number of pyridine rings is 1. The second kappa shape index (κ2) is 9.23. The largest absolute Gasteiger partial charge is 0.366 e. The number of anilines is 2. The SMILES string of the molecule is NC(=O)c1cncc(-c2cnc(Nc3ccc(F)c(Cl)c3)nc2-n2cc(-c3ccncn3)cn2)c1. The van der Waals surface area contributed by atoms with Crippen LogP contribution in [0.2, 0.25) is 5.02 Å². The molecule has 5 rings (SSSR count). The Balaban J connectivity index is 1.60. The number of carbonyl (C=O) groups excluding carboxylic acids is 1. The number of rotatable bonds is 6. The third-order valence-electron chi connectivity index (χ3n) is 4.96. The summed E-state index contributed by atoms with van der Waals surface area (Å²) in [7, 11) is 0. The normalized spacial score (nSPS) is 10.8. The standard InChI is InChI=1S/C23H15ClFN9O/c24-18-6-16(1-2-19(18)25)32-23-29-10-17(13-5-14(21(26)35)8-28-7-13)22(33-23)34-11-15(9-31-34)20-3-4-27-12-30-20/h1-12H,(H2,26,35)(H,29,32,33). The van der Waals surface area contributed by atoms with Crippen molar-refractivity contribution in [1.82, 2.24) is 34.7 Å². The van der Waals surface area contributed by atoms with E-state index in [9.17, 15) is 9.18 Å². The zero-order chi connectivity index (χ0) is 24.4. The molecule has 5 aromatic rings. The van der Waals surface area contributed by atoms with Gasteiger partial charge in [-0.2, -0.15) is 10.1 Å². The van der Waals surface area contributed by atoms with Crippen LogP contribution in [0, 0.1) is 5.82 Å². The van der Waals surface area contributed by atoms with Gasteiger partial charge in [0.1, 0.15) is 12.1 Å². The van der Waals surface area contributed by atoms with Crippen LogP contribution in [0.15, 0.2) is 73.8 Å². The van der Waals surface area contributed by atoms with Crippen LogP contribution in [0.3, 0.4) is 0 Å². The summed E-state index contributed by atoms with van der Waals surface area (Å²) in [5.74, 6) is -0.549. The molecule has 0 fully saturated rings. The van der Waals surface area contributed by atoms with Crippen LogP contribution in [0.4, 0.5) is 16.0 Å². The molecular weight excluding hydrogens is 473 g/mol. The molecule has 0 atom stereocenters. The van der Waals surface area contributed by atoms with E-state index in [0.29, 0.717) is 28.3 Å². The number of aromatic nitrogens is 7. The predicted molar refractivity (Wildman–Crippen MR) is 127 cm³/mol. The van der Waals surface area contributed by atoms with E-state index in [1.165, 1.54) is 30.7 Å². The molecule has 0 spiro atoms. The maximum atomic E-state index is 13.5. The Morgan fingerprint density at radius 3 is 2.69 bits per heavy atom. The van der Waals surface area contributed by atoms with Gasteiger partial charge in [-0.05, 0) is 30.3 Å². The Morgan fingerprint density at radius 1 is 1.03 bits per heavy atom. The van der Waals surface area contributed by atoms with Crippen molar-refractivity contribution in [3.05, 3.63) is 90.2 Å². The van der Waals surface area contributed by atoms with Crippen molar-refractivity contribution in [2.45, 2.75) is 0 Å². The highest BCUT2D eigenvalue weighted by Gasteiger charge is 2.16. The summed E-state index contributed by atoms with van der Waals surface area (Å²) in [4.78, 5) is 32.9. The molecule has 3 N–H and O–H groups in total. The molecule has 0 radical (unpaired) electrons. The zero-order valence-electron chi connectivity index (χ0n) is 17.8. The number of nitrogens with zero attached hydrogens (tertiary/aromatic N) is 7. The van der Waals surface area contributed by atoms with Gasteiger partial charge in [0.25, 0.3) is 0 Å². The van der Waals surface area contributed by atoms with Crippen molar-refractivity contribution in [2.24, 2.45) is 5.73 Å². The van der Waals surface area contributed by atoms with E-state index < -0.39 is 11.7 Å². The molecule has 1 aromatic carbocycles. The Bertz CT molecular complexity index is 1540. The van der Waals surface area contributed by atoms with Gasteiger partial charge in [-0.1, -0.05) is 11.6 Å². The molecule has 0 unspecified atom stereocenters. The lowest BCUT2D eigenvalue weighted by atomic mass is 10.1. The molecule has 4 aromatic heterocycles. The lowest BCUT2D eigenvalue weighted by Crippen LogP contribution is -2.11. The number of carbonyl (C=O) groups is 1. The number of benzene rings is 1. The summed E-state index contributed by atoms with van der Waals surface area (Å²) in [6.45, 7) is 0. The van der Waals surface area contributed by atoms with Crippen LogP contribution in [-0.4, -0.2) is 40.6 Å². The number of nitrogens with one attached hydrogen (secondary N) is 1. The van der Waals surface area contributed by atoms with Gasteiger partial charge in [-0.3, -0.25) is 9.78 Å². The van der Waals surface area contributed by atoms with Gasteiger partial charge in [0.2, 0.25) is 11.9 Å². The fraction of sp³-hybridized carbons (Fsp3) is 0. The average Bonchev–Trinajstić information content (AvgIpc) is 3.37. The maximum Gasteiger partial charge on any atom is 0.250 e. The summed E-state index contributed by atoms with van der Waals surface area (Å²) < 4.78 is 15.1. The minimum atomic E-state index is -0.613. The van der Waals surface area contributed by atoms with E-state index in [4.69, 9.17) is 17.3 Å². The van der Waals surface area contributed by atoms with E-state index >= 15 is 0 Å². The molecule has 4 heterocycles. The monoisotopic (exact) mass is 487 g/mol. The molecule has 0 aliphatic heterocycles. The Kier molecular flexibility index (Phi) is 5.81. The minimum Gasteiger partial charge on any atom is -0.366 e. The van der Waals surface area contributed by atoms with Crippen molar-refractivity contribution in [3.8, 4) is 28.2 Å². The molecule has 0 bridgehead atoms. The first kappa shape index (κ1) is 22.0. The molecule has 0 saturated heterocycles. The van der Waals surface area contributed by atoms with Crippen LogP contribution in [0.25, 0.3) is 28.2 Å². The number of halogens is 2. The van der Waals surface area contributed by atoms with E-state index in [0.717, 1.165) is 5.56 Å². The molecule has 35 heavy (non-hydrogen) atoms. The first-order valence-corrected chi connectivity index (χ1v) is 10.5. The van der Waals surface area contributed by atoms with Gasteiger partial charge >= 0.3 is 0 Å². The predicted octanol–water partition coefficient (Wildman–Crippen LogP) is 3.82. The number of amides is 1.